The summed E-state index contributed by atoms with van der Waals surface area (Å²) in [6, 6.07) is 17.7. The largest absolute Gasteiger partial charge is 0.385 e. The maximum absolute atomic E-state index is 12.6. The third kappa shape index (κ3) is 4.09. The molecule has 2 aromatic carbocycles. The van der Waals surface area contributed by atoms with Crippen LogP contribution in [0.15, 0.2) is 54.6 Å². The number of rotatable bonds is 6. The molecule has 0 saturated heterocycles. The highest BCUT2D eigenvalue weighted by Crippen LogP contribution is 2.13. The lowest BCUT2D eigenvalue weighted by Crippen LogP contribution is -2.30. The lowest BCUT2D eigenvalue weighted by Gasteiger charge is -2.21. The van der Waals surface area contributed by atoms with Crippen molar-refractivity contribution < 1.29 is 4.79 Å². The minimum atomic E-state index is 0.0735. The van der Waals surface area contributed by atoms with Crippen molar-refractivity contribution in [1.82, 2.24) is 4.90 Å². The van der Waals surface area contributed by atoms with Gasteiger partial charge in [0.25, 0.3) is 5.91 Å². The quantitative estimate of drug-likeness (QED) is 0.874. The zero-order valence-corrected chi connectivity index (χ0v) is 12.7. The minimum Gasteiger partial charge on any atom is -0.385 e. The van der Waals surface area contributed by atoms with E-state index in [0.717, 1.165) is 23.4 Å². The Balaban J connectivity index is 2.08. The van der Waals surface area contributed by atoms with Gasteiger partial charge in [-0.1, -0.05) is 30.3 Å². The molecule has 110 valence electrons. The van der Waals surface area contributed by atoms with E-state index in [1.54, 1.807) is 0 Å². The number of carbonyl (C=O) groups excluding carboxylic acids is 1. The highest BCUT2D eigenvalue weighted by molar-refractivity contribution is 5.94. The molecule has 0 atom stereocenters. The van der Waals surface area contributed by atoms with Crippen molar-refractivity contribution in [3.05, 3.63) is 65.7 Å². The molecule has 0 unspecified atom stereocenters. The molecule has 0 bridgehead atoms. The maximum atomic E-state index is 12.6. The Morgan fingerprint density at radius 1 is 1.00 bits per heavy atom. The summed E-state index contributed by atoms with van der Waals surface area (Å²) in [7, 11) is 0. The number of nitrogens with one attached hydrogen (secondary N) is 1. The molecular formula is C18H22N2O. The van der Waals surface area contributed by atoms with E-state index >= 15 is 0 Å². The fourth-order valence-electron chi connectivity index (χ4n) is 2.25. The topological polar surface area (TPSA) is 32.3 Å². The van der Waals surface area contributed by atoms with Crippen LogP contribution < -0.4 is 5.32 Å². The Morgan fingerprint density at radius 3 is 2.24 bits per heavy atom. The molecule has 0 aliphatic heterocycles. The molecule has 3 nitrogen and oxygen atoms in total. The highest BCUT2D eigenvalue weighted by atomic mass is 16.2. The van der Waals surface area contributed by atoms with Gasteiger partial charge in [-0.3, -0.25) is 4.79 Å². The SMILES string of the molecule is CCNc1ccc(C(=O)N(CC)Cc2ccccc2)cc1. The predicted molar refractivity (Wildman–Crippen MR) is 87.5 cm³/mol. The summed E-state index contributed by atoms with van der Waals surface area (Å²) in [5, 5.41) is 3.23. The van der Waals surface area contributed by atoms with E-state index in [4.69, 9.17) is 0 Å². The Hall–Kier alpha value is -2.29. The molecule has 0 saturated carbocycles. The fourth-order valence-corrected chi connectivity index (χ4v) is 2.25. The first-order valence-electron chi connectivity index (χ1n) is 7.41. The number of carbonyl (C=O) groups is 1. The van der Waals surface area contributed by atoms with Crippen LogP contribution in [0.5, 0.6) is 0 Å². The Morgan fingerprint density at radius 2 is 1.67 bits per heavy atom. The van der Waals surface area contributed by atoms with Gasteiger partial charge < -0.3 is 10.2 Å². The first kappa shape index (κ1) is 15.1. The smallest absolute Gasteiger partial charge is 0.254 e. The molecule has 1 N–H and O–H groups in total. The van der Waals surface area contributed by atoms with Crippen LogP contribution in [0, 0.1) is 0 Å². The zero-order valence-electron chi connectivity index (χ0n) is 12.7. The van der Waals surface area contributed by atoms with Gasteiger partial charge in [0.2, 0.25) is 0 Å². The molecular weight excluding hydrogens is 260 g/mol. The number of hydrogen-bond acceptors (Lipinski definition) is 2. The molecule has 0 spiro atoms. The van der Waals surface area contributed by atoms with Crippen LogP contribution in [-0.2, 0) is 6.54 Å². The summed E-state index contributed by atoms with van der Waals surface area (Å²) >= 11 is 0. The summed E-state index contributed by atoms with van der Waals surface area (Å²) < 4.78 is 0. The summed E-state index contributed by atoms with van der Waals surface area (Å²) in [4.78, 5) is 14.4. The van der Waals surface area contributed by atoms with Crippen molar-refractivity contribution >= 4 is 11.6 Å². The minimum absolute atomic E-state index is 0.0735. The van der Waals surface area contributed by atoms with Crippen molar-refractivity contribution in [2.24, 2.45) is 0 Å². The number of amides is 1. The van der Waals surface area contributed by atoms with Crippen LogP contribution in [0.4, 0.5) is 5.69 Å². The lowest BCUT2D eigenvalue weighted by molar-refractivity contribution is 0.0752. The van der Waals surface area contributed by atoms with Crippen molar-refractivity contribution in [2.45, 2.75) is 20.4 Å². The fraction of sp³-hybridized carbons (Fsp3) is 0.278. The Kier molecular flexibility index (Phi) is 5.38. The number of nitrogens with zero attached hydrogens (tertiary/aromatic N) is 1. The third-order valence-electron chi connectivity index (χ3n) is 3.40. The van der Waals surface area contributed by atoms with Crippen LogP contribution in [0.25, 0.3) is 0 Å². The zero-order chi connectivity index (χ0) is 15.1. The van der Waals surface area contributed by atoms with Crippen LogP contribution >= 0.6 is 0 Å². The van der Waals surface area contributed by atoms with E-state index in [1.165, 1.54) is 0 Å². The number of benzene rings is 2. The van der Waals surface area contributed by atoms with Crippen molar-refractivity contribution in [3.8, 4) is 0 Å². The average molecular weight is 282 g/mol. The lowest BCUT2D eigenvalue weighted by atomic mass is 10.1. The van der Waals surface area contributed by atoms with Crippen molar-refractivity contribution in [2.75, 3.05) is 18.4 Å². The molecule has 2 aromatic rings. The van der Waals surface area contributed by atoms with Crippen LogP contribution in [-0.4, -0.2) is 23.9 Å². The van der Waals surface area contributed by atoms with Gasteiger partial charge in [-0.2, -0.15) is 0 Å². The van der Waals surface area contributed by atoms with Gasteiger partial charge >= 0.3 is 0 Å². The summed E-state index contributed by atoms with van der Waals surface area (Å²) in [5.74, 6) is 0.0735. The Bertz CT molecular complexity index is 564. The van der Waals surface area contributed by atoms with Gasteiger partial charge in [0.1, 0.15) is 0 Å². The van der Waals surface area contributed by atoms with E-state index in [1.807, 2.05) is 66.4 Å². The van der Waals surface area contributed by atoms with E-state index in [-0.39, 0.29) is 5.91 Å². The molecule has 0 aromatic heterocycles. The molecule has 0 aliphatic rings. The van der Waals surface area contributed by atoms with Gasteiger partial charge in [-0.25, -0.2) is 0 Å². The third-order valence-corrected chi connectivity index (χ3v) is 3.40. The van der Waals surface area contributed by atoms with Crippen LogP contribution in [0.2, 0.25) is 0 Å². The molecule has 2 rings (SSSR count). The standard InChI is InChI=1S/C18H22N2O/c1-3-19-17-12-10-16(11-13-17)18(21)20(4-2)14-15-8-6-5-7-9-15/h5-13,19H,3-4,14H2,1-2H3. The summed E-state index contributed by atoms with van der Waals surface area (Å²) in [5.41, 5.74) is 2.92. The van der Waals surface area contributed by atoms with Crippen molar-refractivity contribution in [1.29, 1.82) is 0 Å². The summed E-state index contributed by atoms with van der Waals surface area (Å²) in [6.07, 6.45) is 0. The monoisotopic (exact) mass is 282 g/mol. The van der Waals surface area contributed by atoms with Gasteiger partial charge in [0, 0.05) is 30.9 Å². The van der Waals surface area contributed by atoms with Crippen LogP contribution in [0.1, 0.15) is 29.8 Å². The average Bonchev–Trinajstić information content (AvgIpc) is 2.54. The van der Waals surface area contributed by atoms with E-state index < -0.39 is 0 Å². The molecule has 0 heterocycles. The first-order chi connectivity index (χ1) is 10.2. The summed E-state index contributed by atoms with van der Waals surface area (Å²) in [6.45, 7) is 6.28. The molecule has 3 heteroatoms. The highest BCUT2D eigenvalue weighted by Gasteiger charge is 2.14. The second kappa shape index (κ2) is 7.48. The van der Waals surface area contributed by atoms with Crippen molar-refractivity contribution in [3.63, 3.8) is 0 Å². The maximum Gasteiger partial charge on any atom is 0.254 e. The molecule has 0 aliphatic carbocycles. The molecule has 1 amide bonds. The molecule has 21 heavy (non-hydrogen) atoms. The first-order valence-corrected chi connectivity index (χ1v) is 7.41. The van der Waals surface area contributed by atoms with Gasteiger partial charge in [0.05, 0.1) is 0 Å². The van der Waals surface area contributed by atoms with E-state index in [2.05, 4.69) is 12.2 Å². The van der Waals surface area contributed by atoms with Gasteiger partial charge in [-0.15, -0.1) is 0 Å². The molecule has 0 fully saturated rings. The predicted octanol–water partition coefficient (Wildman–Crippen LogP) is 3.78. The second-order valence-electron chi connectivity index (χ2n) is 4.91. The van der Waals surface area contributed by atoms with Gasteiger partial charge in [0.15, 0.2) is 0 Å². The van der Waals surface area contributed by atoms with E-state index in [9.17, 15) is 4.79 Å². The number of hydrogen-bond donors (Lipinski definition) is 1. The van der Waals surface area contributed by atoms with Gasteiger partial charge in [-0.05, 0) is 43.7 Å². The van der Waals surface area contributed by atoms with E-state index in [0.29, 0.717) is 13.1 Å². The van der Waals surface area contributed by atoms with Crippen LogP contribution in [0.3, 0.4) is 0 Å². The number of anilines is 1. The second-order valence-corrected chi connectivity index (χ2v) is 4.91. The molecule has 0 radical (unpaired) electrons. The Labute approximate surface area is 126 Å². The normalized spacial score (nSPS) is 10.2.